The van der Waals surface area contributed by atoms with Gasteiger partial charge in [-0.05, 0) is 134 Å². The van der Waals surface area contributed by atoms with Gasteiger partial charge in [-0.1, -0.05) is 82.3 Å². The Labute approximate surface area is 311 Å². The molecule has 282 valence electrons. The predicted octanol–water partition coefficient (Wildman–Crippen LogP) is 8.17. The zero-order chi connectivity index (χ0) is 37.3. The van der Waals surface area contributed by atoms with Crippen LogP contribution in [0, 0.1) is 56.7 Å². The number of carbonyl (C=O) groups excluding carboxylic acids is 2. The maximum Gasteiger partial charge on any atom is 0.335 e. The third-order valence-electron chi connectivity index (χ3n) is 16.4. The maximum absolute atomic E-state index is 14.7. The number of methoxy groups -OCH3 is 1. The van der Waals surface area contributed by atoms with Gasteiger partial charge in [0, 0.05) is 0 Å². The molecule has 0 aliphatic heterocycles. The molecular weight excluding hydrogens is 649 g/mol. The van der Waals surface area contributed by atoms with E-state index in [-0.39, 0.29) is 46.1 Å². The SMILES string of the molecule is C=C(C)[C@@H]1CC[C@]2(C(=O)NCc3cn(C/C(=C\c4ccccc4)C(=O)OC)nn3)CC[C@]3(C)[C@H](CC[C@@H]4[C@@]5(C)CC[C@H](O)C(C)(C)[C@@H]5CC[C@]43C)[C@@H]12. The van der Waals surface area contributed by atoms with Gasteiger partial charge in [0.05, 0.1) is 43.5 Å². The third kappa shape index (κ3) is 5.63. The van der Waals surface area contributed by atoms with Crippen molar-refractivity contribution in [1.82, 2.24) is 20.3 Å². The number of aliphatic hydroxyl groups excluding tert-OH is 1. The highest BCUT2D eigenvalue weighted by Gasteiger charge is 2.71. The average Bonchev–Trinajstić information content (AvgIpc) is 3.74. The van der Waals surface area contributed by atoms with Crippen LogP contribution < -0.4 is 5.32 Å². The molecule has 0 unspecified atom stereocenters. The number of esters is 1. The van der Waals surface area contributed by atoms with Gasteiger partial charge in [0.2, 0.25) is 5.91 Å². The highest BCUT2D eigenvalue weighted by Crippen LogP contribution is 2.77. The van der Waals surface area contributed by atoms with Crippen molar-refractivity contribution in [2.75, 3.05) is 7.11 Å². The fraction of sp³-hybridized carbons (Fsp3) is 0.682. The number of nitrogens with zero attached hydrogens (tertiary/aromatic N) is 3. The Morgan fingerprint density at radius 1 is 0.962 bits per heavy atom. The number of benzene rings is 1. The van der Waals surface area contributed by atoms with Crippen molar-refractivity contribution in [1.29, 1.82) is 0 Å². The van der Waals surface area contributed by atoms with E-state index in [1.807, 2.05) is 42.6 Å². The molecule has 7 rings (SSSR count). The molecule has 1 heterocycles. The molecule has 5 aliphatic rings. The number of fused-ring (bicyclic) bond motifs is 7. The van der Waals surface area contributed by atoms with Crippen molar-refractivity contribution < 1.29 is 19.4 Å². The summed E-state index contributed by atoms with van der Waals surface area (Å²) in [6.07, 6.45) is 14.1. The maximum atomic E-state index is 14.7. The quantitative estimate of drug-likeness (QED) is 0.163. The average molecular weight is 711 g/mol. The molecule has 1 aromatic heterocycles. The van der Waals surface area contributed by atoms with Gasteiger partial charge in [-0.2, -0.15) is 0 Å². The molecule has 52 heavy (non-hydrogen) atoms. The Hall–Kier alpha value is -3.26. The Morgan fingerprint density at radius 2 is 1.71 bits per heavy atom. The van der Waals surface area contributed by atoms with Crippen LogP contribution in [-0.4, -0.2) is 45.2 Å². The third-order valence-corrected chi connectivity index (χ3v) is 16.4. The van der Waals surface area contributed by atoms with Gasteiger partial charge < -0.3 is 15.2 Å². The van der Waals surface area contributed by atoms with Gasteiger partial charge in [0.1, 0.15) is 5.69 Å². The standard InChI is InChI=1S/C44H62N4O4/c1-28(2)32-16-21-44(39(51)45-25-31-27-48(47-46-31)26-30(38(50)52-8)24-29-12-10-9-11-13-29)23-22-42(6)33(37(32)44)14-15-35-41(5)19-18-36(49)40(3,4)34(41)17-20-43(35,42)7/h9-13,24,27,32-37,49H,1,14-23,25-26H2,2-8H3,(H,45,51)/b30-24+/t32-,33+,34-,35+,36-,37+,41-,42+,43+,44-/m0/s1. The topological polar surface area (TPSA) is 106 Å². The first-order valence-electron chi connectivity index (χ1n) is 20.0. The second kappa shape index (κ2) is 13.2. The fourth-order valence-corrected chi connectivity index (χ4v) is 13.6. The number of hydrogen-bond donors (Lipinski definition) is 2. The van der Waals surface area contributed by atoms with Crippen LogP contribution in [0.1, 0.15) is 117 Å². The highest BCUT2D eigenvalue weighted by atomic mass is 16.5. The van der Waals surface area contributed by atoms with E-state index in [0.29, 0.717) is 41.5 Å². The van der Waals surface area contributed by atoms with E-state index < -0.39 is 11.4 Å². The molecule has 0 bridgehead atoms. The molecule has 8 nitrogen and oxygen atoms in total. The summed E-state index contributed by atoms with van der Waals surface area (Å²) >= 11 is 0. The van der Waals surface area contributed by atoms with Crippen LogP contribution in [0.5, 0.6) is 0 Å². The van der Waals surface area contributed by atoms with E-state index >= 15 is 0 Å². The predicted molar refractivity (Wildman–Crippen MR) is 203 cm³/mol. The Bertz CT molecular complexity index is 1730. The van der Waals surface area contributed by atoms with E-state index in [4.69, 9.17) is 4.74 Å². The van der Waals surface area contributed by atoms with Crippen LogP contribution in [0.15, 0.2) is 54.3 Å². The Kier molecular flexibility index (Phi) is 9.44. The molecule has 1 amide bonds. The molecule has 0 spiro atoms. The van der Waals surface area contributed by atoms with Gasteiger partial charge in [-0.25, -0.2) is 9.48 Å². The van der Waals surface area contributed by atoms with E-state index in [1.165, 1.54) is 38.4 Å². The largest absolute Gasteiger partial charge is 0.466 e. The molecule has 10 atom stereocenters. The summed E-state index contributed by atoms with van der Waals surface area (Å²) < 4.78 is 6.69. The lowest BCUT2D eigenvalue weighted by Crippen LogP contribution is -2.67. The molecule has 2 N–H and O–H groups in total. The van der Waals surface area contributed by atoms with Gasteiger partial charge in [0.25, 0.3) is 0 Å². The summed E-state index contributed by atoms with van der Waals surface area (Å²) in [6.45, 7) is 19.7. The van der Waals surface area contributed by atoms with E-state index in [9.17, 15) is 14.7 Å². The zero-order valence-electron chi connectivity index (χ0n) is 32.7. The normalized spacial score (nSPS) is 39.3. The monoisotopic (exact) mass is 710 g/mol. The summed E-state index contributed by atoms with van der Waals surface area (Å²) in [6, 6.07) is 9.67. The Morgan fingerprint density at radius 3 is 2.42 bits per heavy atom. The number of hydrogen-bond acceptors (Lipinski definition) is 6. The fourth-order valence-electron chi connectivity index (χ4n) is 13.6. The summed E-state index contributed by atoms with van der Waals surface area (Å²) in [5.74, 6) is 2.00. The molecule has 0 saturated heterocycles. The van der Waals surface area contributed by atoms with Crippen LogP contribution >= 0.6 is 0 Å². The lowest BCUT2D eigenvalue weighted by Gasteiger charge is -2.72. The van der Waals surface area contributed by atoms with E-state index in [0.717, 1.165) is 44.1 Å². The van der Waals surface area contributed by atoms with Crippen LogP contribution in [-0.2, 0) is 27.4 Å². The summed E-state index contributed by atoms with van der Waals surface area (Å²) in [5.41, 5.74) is 3.35. The molecular formula is C44H62N4O4. The van der Waals surface area contributed by atoms with Gasteiger partial charge in [-0.15, -0.1) is 5.10 Å². The number of amides is 1. The van der Waals surface area contributed by atoms with Crippen LogP contribution in [0.2, 0.25) is 0 Å². The highest BCUT2D eigenvalue weighted by molar-refractivity contribution is 5.93. The summed E-state index contributed by atoms with van der Waals surface area (Å²) in [7, 11) is 1.38. The summed E-state index contributed by atoms with van der Waals surface area (Å²) in [4.78, 5) is 27.3. The minimum Gasteiger partial charge on any atom is -0.466 e. The number of aliphatic hydroxyl groups is 1. The number of aromatic nitrogens is 3. The summed E-state index contributed by atoms with van der Waals surface area (Å²) in [5, 5.41) is 23.1. The first-order chi connectivity index (χ1) is 24.6. The van der Waals surface area contributed by atoms with Crippen molar-refractivity contribution in [3.63, 3.8) is 0 Å². The first kappa shape index (κ1) is 37.1. The number of ether oxygens (including phenoxy) is 1. The molecule has 5 aliphatic carbocycles. The van der Waals surface area contributed by atoms with Crippen LogP contribution in [0.25, 0.3) is 6.08 Å². The number of nitrogens with one attached hydrogen (secondary N) is 1. The molecule has 1 aromatic carbocycles. The zero-order valence-corrected chi connectivity index (χ0v) is 32.7. The molecule has 8 heteroatoms. The van der Waals surface area contributed by atoms with Crippen molar-refractivity contribution in [2.45, 2.75) is 125 Å². The minimum absolute atomic E-state index is 0.0593. The van der Waals surface area contributed by atoms with Crippen molar-refractivity contribution in [2.24, 2.45) is 56.7 Å². The van der Waals surface area contributed by atoms with Crippen molar-refractivity contribution >= 4 is 18.0 Å². The van der Waals surface area contributed by atoms with Crippen LogP contribution in [0.3, 0.4) is 0 Å². The van der Waals surface area contributed by atoms with E-state index in [1.54, 1.807) is 4.68 Å². The Balaban J connectivity index is 1.10. The van der Waals surface area contributed by atoms with E-state index in [2.05, 4.69) is 63.8 Å². The lowest BCUT2D eigenvalue weighted by atomic mass is 9.32. The lowest BCUT2D eigenvalue weighted by molar-refractivity contribution is -0.246. The molecule has 0 radical (unpaired) electrons. The number of carbonyl (C=O) groups is 2. The number of rotatable bonds is 8. The van der Waals surface area contributed by atoms with Crippen LogP contribution in [0.4, 0.5) is 0 Å². The van der Waals surface area contributed by atoms with Gasteiger partial charge in [-0.3, -0.25) is 4.79 Å². The second-order valence-electron chi connectivity index (χ2n) is 18.9. The van der Waals surface area contributed by atoms with Gasteiger partial charge >= 0.3 is 5.97 Å². The minimum atomic E-state index is -0.415. The van der Waals surface area contributed by atoms with Crippen molar-refractivity contribution in [3.05, 3.63) is 65.5 Å². The van der Waals surface area contributed by atoms with Gasteiger partial charge in [0.15, 0.2) is 0 Å². The molecule has 5 fully saturated rings. The molecule has 5 saturated carbocycles. The smallest absolute Gasteiger partial charge is 0.335 e. The van der Waals surface area contributed by atoms with Crippen molar-refractivity contribution in [3.8, 4) is 0 Å². The first-order valence-corrected chi connectivity index (χ1v) is 20.0. The number of allylic oxidation sites excluding steroid dienone is 1. The second-order valence-corrected chi connectivity index (χ2v) is 18.9. The molecule has 2 aromatic rings.